The van der Waals surface area contributed by atoms with Crippen molar-refractivity contribution in [1.82, 2.24) is 14.8 Å². The van der Waals surface area contributed by atoms with Gasteiger partial charge in [-0.1, -0.05) is 27.7 Å². The van der Waals surface area contributed by atoms with Crippen LogP contribution in [-0.4, -0.2) is 25.9 Å². The summed E-state index contributed by atoms with van der Waals surface area (Å²) in [5, 5.41) is 10.6. The fourth-order valence-electron chi connectivity index (χ4n) is 1.59. The quantitative estimate of drug-likeness (QED) is 0.817. The number of hydrogen-bond donors (Lipinski definition) is 1. The van der Waals surface area contributed by atoms with E-state index in [1.54, 1.807) is 19.3 Å². The molecule has 0 saturated carbocycles. The van der Waals surface area contributed by atoms with Gasteiger partial charge < -0.3 is 9.88 Å². The summed E-state index contributed by atoms with van der Waals surface area (Å²) in [7, 11) is 0. The Bertz CT molecular complexity index is 649. The first kappa shape index (κ1) is 16.0. The number of aromatic nitrogens is 3. The zero-order valence-corrected chi connectivity index (χ0v) is 13.9. The summed E-state index contributed by atoms with van der Waals surface area (Å²) in [6, 6.07) is 4.49. The molecule has 0 saturated heterocycles. The molecule has 1 N–H and O–H groups in total. The molecule has 1 aromatic carbocycles. The number of halogens is 2. The summed E-state index contributed by atoms with van der Waals surface area (Å²) >= 11 is 4.46. The van der Waals surface area contributed by atoms with E-state index in [1.807, 2.05) is 11.5 Å². The number of rotatable bonds is 5. The second kappa shape index (κ2) is 7.04. The molecule has 21 heavy (non-hydrogen) atoms. The molecule has 0 aliphatic carbocycles. The van der Waals surface area contributed by atoms with Crippen molar-refractivity contribution in [1.29, 1.82) is 0 Å². The van der Waals surface area contributed by atoms with Gasteiger partial charge >= 0.3 is 0 Å². The van der Waals surface area contributed by atoms with E-state index < -0.39 is 11.1 Å². The van der Waals surface area contributed by atoms with Gasteiger partial charge in [-0.3, -0.25) is 4.79 Å². The highest BCUT2D eigenvalue weighted by molar-refractivity contribution is 9.10. The van der Waals surface area contributed by atoms with Crippen molar-refractivity contribution in [2.45, 2.75) is 30.8 Å². The summed E-state index contributed by atoms with van der Waals surface area (Å²) in [6.07, 6.45) is 1.61. The van der Waals surface area contributed by atoms with Crippen LogP contribution in [-0.2, 0) is 11.3 Å². The summed E-state index contributed by atoms with van der Waals surface area (Å²) in [4.78, 5) is 12.1. The molecule has 5 nitrogen and oxygen atoms in total. The van der Waals surface area contributed by atoms with E-state index in [4.69, 9.17) is 0 Å². The molecule has 1 amide bonds. The fraction of sp³-hybridized carbons (Fsp3) is 0.308. The van der Waals surface area contributed by atoms with Gasteiger partial charge in [0.05, 0.1) is 10.9 Å². The Morgan fingerprint density at radius 2 is 2.33 bits per heavy atom. The minimum absolute atomic E-state index is 0.160. The molecule has 1 atom stereocenters. The Labute approximate surface area is 134 Å². The van der Waals surface area contributed by atoms with Crippen LogP contribution in [0, 0.1) is 5.82 Å². The van der Waals surface area contributed by atoms with Crippen molar-refractivity contribution in [3.63, 3.8) is 0 Å². The van der Waals surface area contributed by atoms with Crippen LogP contribution in [0.25, 0.3) is 0 Å². The Hall–Kier alpha value is -1.41. The van der Waals surface area contributed by atoms with Gasteiger partial charge in [0, 0.05) is 11.0 Å². The molecular weight excluding hydrogens is 359 g/mol. The number of nitrogens with one attached hydrogen (secondary N) is 1. The second-order valence-electron chi connectivity index (χ2n) is 4.27. The van der Waals surface area contributed by atoms with Crippen molar-refractivity contribution in [2.24, 2.45) is 0 Å². The van der Waals surface area contributed by atoms with Crippen molar-refractivity contribution < 1.29 is 9.18 Å². The Morgan fingerprint density at radius 1 is 1.57 bits per heavy atom. The highest BCUT2D eigenvalue weighted by atomic mass is 79.9. The summed E-state index contributed by atoms with van der Waals surface area (Å²) < 4.78 is 16.2. The zero-order chi connectivity index (χ0) is 15.4. The van der Waals surface area contributed by atoms with Crippen molar-refractivity contribution in [3.8, 4) is 0 Å². The number of hydrogen-bond acceptors (Lipinski definition) is 4. The molecule has 2 rings (SSSR count). The van der Waals surface area contributed by atoms with E-state index in [9.17, 15) is 9.18 Å². The van der Waals surface area contributed by atoms with E-state index in [1.165, 1.54) is 23.9 Å². The smallest absolute Gasteiger partial charge is 0.237 e. The summed E-state index contributed by atoms with van der Waals surface area (Å²) in [6.45, 7) is 4.44. The average Bonchev–Trinajstić information content (AvgIpc) is 2.89. The molecule has 0 fully saturated rings. The van der Waals surface area contributed by atoms with Crippen LogP contribution < -0.4 is 5.32 Å². The van der Waals surface area contributed by atoms with E-state index in [2.05, 4.69) is 31.4 Å². The minimum atomic E-state index is -0.480. The largest absolute Gasteiger partial charge is 0.323 e. The molecule has 0 aliphatic heterocycles. The molecule has 0 unspecified atom stereocenters. The van der Waals surface area contributed by atoms with E-state index in [-0.39, 0.29) is 11.6 Å². The van der Waals surface area contributed by atoms with Gasteiger partial charge in [0.25, 0.3) is 0 Å². The summed E-state index contributed by atoms with van der Waals surface area (Å²) in [5.41, 5.74) is 0.160. The van der Waals surface area contributed by atoms with Gasteiger partial charge in [-0.15, -0.1) is 10.2 Å². The molecule has 2 aromatic rings. The number of carbonyl (C=O) groups is 1. The highest BCUT2D eigenvalue weighted by Gasteiger charge is 2.18. The van der Waals surface area contributed by atoms with Gasteiger partial charge in [-0.2, -0.15) is 0 Å². The Balaban J connectivity index is 2.02. The normalized spacial score (nSPS) is 12.2. The van der Waals surface area contributed by atoms with Gasteiger partial charge in [-0.05, 0) is 32.0 Å². The molecule has 0 spiro atoms. The number of aryl methyl sites for hydroxylation is 1. The molecule has 1 heterocycles. The third kappa shape index (κ3) is 4.04. The lowest BCUT2D eigenvalue weighted by atomic mass is 10.3. The van der Waals surface area contributed by atoms with Crippen molar-refractivity contribution >= 4 is 39.3 Å². The Morgan fingerprint density at radius 3 is 3.00 bits per heavy atom. The van der Waals surface area contributed by atoms with Crippen molar-refractivity contribution in [2.75, 3.05) is 5.32 Å². The van der Waals surface area contributed by atoms with E-state index in [0.29, 0.717) is 9.63 Å². The molecule has 1 aromatic heterocycles. The monoisotopic (exact) mass is 372 g/mol. The zero-order valence-electron chi connectivity index (χ0n) is 11.5. The number of carbonyl (C=O) groups excluding carboxylic acids is 1. The van der Waals surface area contributed by atoms with Crippen LogP contribution in [0.5, 0.6) is 0 Å². The third-order valence-corrected chi connectivity index (χ3v) is 4.35. The lowest BCUT2D eigenvalue weighted by molar-refractivity contribution is -0.115. The number of nitrogens with zero attached hydrogens (tertiary/aromatic N) is 3. The molecular formula is C13H14BrFN4OS. The van der Waals surface area contributed by atoms with Crippen LogP contribution in [0.1, 0.15) is 13.8 Å². The van der Waals surface area contributed by atoms with Gasteiger partial charge in [-0.25, -0.2) is 4.39 Å². The third-order valence-electron chi connectivity index (χ3n) is 2.76. The predicted octanol–water partition coefficient (Wildman–Crippen LogP) is 3.32. The van der Waals surface area contributed by atoms with Crippen LogP contribution >= 0.6 is 27.7 Å². The molecule has 0 radical (unpaired) electrons. The topological polar surface area (TPSA) is 59.8 Å². The van der Waals surface area contributed by atoms with E-state index >= 15 is 0 Å². The lowest BCUT2D eigenvalue weighted by Crippen LogP contribution is -2.23. The van der Waals surface area contributed by atoms with Gasteiger partial charge in [0.1, 0.15) is 12.1 Å². The number of thioether (sulfide) groups is 1. The van der Waals surface area contributed by atoms with Crippen molar-refractivity contribution in [3.05, 3.63) is 34.8 Å². The molecule has 112 valence electrons. The standard InChI is InChI=1S/C13H14BrFN4OS/c1-3-19-7-16-18-13(19)21-8(2)12(20)17-11-5-4-9(14)6-10(11)15/h4-8H,3H2,1-2H3,(H,17,20)/t8-/m1/s1. The first-order valence-electron chi connectivity index (χ1n) is 6.31. The lowest BCUT2D eigenvalue weighted by Gasteiger charge is -2.12. The average molecular weight is 373 g/mol. The minimum Gasteiger partial charge on any atom is -0.323 e. The highest BCUT2D eigenvalue weighted by Crippen LogP contribution is 2.24. The number of amides is 1. The maximum Gasteiger partial charge on any atom is 0.237 e. The van der Waals surface area contributed by atoms with Crippen LogP contribution in [0.4, 0.5) is 10.1 Å². The maximum atomic E-state index is 13.7. The maximum absolute atomic E-state index is 13.7. The van der Waals surface area contributed by atoms with Crippen LogP contribution in [0.3, 0.4) is 0 Å². The fourth-order valence-corrected chi connectivity index (χ4v) is 2.81. The molecule has 8 heteroatoms. The Kier molecular flexibility index (Phi) is 5.35. The molecule has 0 aliphatic rings. The first-order chi connectivity index (χ1) is 10.0. The molecule has 0 bridgehead atoms. The predicted molar refractivity (Wildman–Crippen MR) is 83.7 cm³/mol. The second-order valence-corrected chi connectivity index (χ2v) is 6.50. The van der Waals surface area contributed by atoms with Gasteiger partial charge in [0.2, 0.25) is 5.91 Å². The van der Waals surface area contributed by atoms with E-state index in [0.717, 1.165) is 6.54 Å². The number of anilines is 1. The van der Waals surface area contributed by atoms with Crippen LogP contribution in [0.15, 0.2) is 34.2 Å². The first-order valence-corrected chi connectivity index (χ1v) is 7.99. The SMILES string of the molecule is CCn1cnnc1S[C@H](C)C(=O)Nc1ccc(Br)cc1F. The summed E-state index contributed by atoms with van der Waals surface area (Å²) in [5.74, 6) is -0.765. The number of benzene rings is 1. The van der Waals surface area contributed by atoms with Crippen LogP contribution in [0.2, 0.25) is 0 Å². The van der Waals surface area contributed by atoms with Gasteiger partial charge in [0.15, 0.2) is 5.16 Å².